The van der Waals surface area contributed by atoms with Gasteiger partial charge in [0.2, 0.25) is 0 Å². The van der Waals surface area contributed by atoms with Crippen LogP contribution in [-0.2, 0) is 13.0 Å². The summed E-state index contributed by atoms with van der Waals surface area (Å²) in [4.78, 5) is 26.1. The van der Waals surface area contributed by atoms with Gasteiger partial charge < -0.3 is 19.9 Å². The third kappa shape index (κ3) is 4.71. The van der Waals surface area contributed by atoms with Crippen molar-refractivity contribution in [2.24, 2.45) is 0 Å². The van der Waals surface area contributed by atoms with Gasteiger partial charge in [-0.1, -0.05) is 6.07 Å². The van der Waals surface area contributed by atoms with Crippen LogP contribution in [0, 0.1) is 0 Å². The van der Waals surface area contributed by atoms with Crippen molar-refractivity contribution in [2.75, 3.05) is 52.3 Å². The summed E-state index contributed by atoms with van der Waals surface area (Å²) < 4.78 is 5.65. The molecule has 0 spiro atoms. The number of fused-ring (bicyclic) bond motifs is 1. The van der Waals surface area contributed by atoms with Gasteiger partial charge in [-0.25, -0.2) is 15.0 Å². The number of nitrogens with one attached hydrogen (secondary N) is 2. The second kappa shape index (κ2) is 9.74. The number of H-pyrrole nitrogens is 1. The van der Waals surface area contributed by atoms with E-state index in [9.17, 15) is 0 Å². The van der Waals surface area contributed by atoms with E-state index in [1.807, 2.05) is 37.3 Å². The maximum absolute atomic E-state index is 5.65. The number of benzene rings is 1. The van der Waals surface area contributed by atoms with Crippen molar-refractivity contribution in [3.05, 3.63) is 59.9 Å². The number of aromatic amines is 1. The first kappa shape index (κ1) is 22.2. The number of imidazole rings is 1. The summed E-state index contributed by atoms with van der Waals surface area (Å²) in [6.45, 7) is 5.22. The lowest BCUT2D eigenvalue weighted by molar-refractivity contribution is 0.233. The molecule has 1 saturated heterocycles. The van der Waals surface area contributed by atoms with Crippen LogP contribution in [0.4, 0.5) is 5.82 Å². The summed E-state index contributed by atoms with van der Waals surface area (Å²) in [5.41, 5.74) is 5.87. The highest BCUT2D eigenvalue weighted by Crippen LogP contribution is 2.35. The van der Waals surface area contributed by atoms with E-state index in [1.54, 1.807) is 13.4 Å². The molecule has 2 N–H and O–H groups in total. The maximum atomic E-state index is 5.65. The first-order valence-corrected chi connectivity index (χ1v) is 11.5. The second-order valence-corrected chi connectivity index (χ2v) is 8.75. The smallest absolute Gasteiger partial charge is 0.187 e. The van der Waals surface area contributed by atoms with Crippen molar-refractivity contribution in [2.45, 2.75) is 13.0 Å². The number of nitrogens with zero attached hydrogens (tertiary/aromatic N) is 6. The maximum Gasteiger partial charge on any atom is 0.187 e. The molecule has 0 atom stereocenters. The SMILES string of the molecule is COc1c(-c2ccc3nc(Cc4cc(CN5CCNCC5)ccn4)[nH]c3c2)ncnc1N(C)C. The standard InChI is InChI=1S/C25H30N8O/c1-32(2)25-24(34-3)23(28-16-29-25)18-4-5-20-21(13-18)31-22(30-20)14-19-12-17(6-7-27-19)15-33-10-8-26-9-11-33/h4-7,12-13,16,26H,8-11,14-15H2,1-3H3,(H,30,31). The van der Waals surface area contributed by atoms with Crippen molar-refractivity contribution < 1.29 is 4.74 Å². The first-order valence-electron chi connectivity index (χ1n) is 11.5. The summed E-state index contributed by atoms with van der Waals surface area (Å²) in [6.07, 6.45) is 4.12. The summed E-state index contributed by atoms with van der Waals surface area (Å²) in [5.74, 6) is 2.28. The van der Waals surface area contributed by atoms with Crippen molar-refractivity contribution in [3.8, 4) is 17.0 Å². The van der Waals surface area contributed by atoms with Gasteiger partial charge in [0.1, 0.15) is 17.8 Å². The highest BCUT2D eigenvalue weighted by atomic mass is 16.5. The zero-order valence-electron chi connectivity index (χ0n) is 19.9. The lowest BCUT2D eigenvalue weighted by atomic mass is 10.1. The average molecular weight is 459 g/mol. The van der Waals surface area contributed by atoms with Crippen molar-refractivity contribution in [3.63, 3.8) is 0 Å². The summed E-state index contributed by atoms with van der Waals surface area (Å²) in [7, 11) is 5.52. The molecule has 1 aliphatic rings. The van der Waals surface area contributed by atoms with Crippen LogP contribution in [0.5, 0.6) is 5.75 Å². The van der Waals surface area contributed by atoms with Gasteiger partial charge in [0.05, 0.1) is 18.1 Å². The van der Waals surface area contributed by atoms with E-state index in [4.69, 9.17) is 9.72 Å². The van der Waals surface area contributed by atoms with Crippen LogP contribution >= 0.6 is 0 Å². The Morgan fingerprint density at radius 1 is 1.06 bits per heavy atom. The fraction of sp³-hybridized carbons (Fsp3) is 0.360. The number of methoxy groups -OCH3 is 1. The molecular weight excluding hydrogens is 428 g/mol. The molecule has 5 rings (SSSR count). The minimum atomic E-state index is 0.650. The molecule has 0 unspecified atom stereocenters. The number of pyridine rings is 1. The predicted molar refractivity (Wildman–Crippen MR) is 133 cm³/mol. The van der Waals surface area contributed by atoms with Gasteiger partial charge in [-0.3, -0.25) is 9.88 Å². The van der Waals surface area contributed by atoms with Crippen molar-refractivity contribution in [1.29, 1.82) is 0 Å². The Balaban J connectivity index is 1.38. The van der Waals surface area contributed by atoms with Gasteiger partial charge in [-0.2, -0.15) is 0 Å². The quantitative estimate of drug-likeness (QED) is 0.436. The van der Waals surface area contributed by atoms with Gasteiger partial charge in [-0.15, -0.1) is 0 Å². The molecule has 9 nitrogen and oxygen atoms in total. The molecule has 0 aliphatic carbocycles. The highest BCUT2D eigenvalue weighted by Gasteiger charge is 2.17. The number of anilines is 1. The van der Waals surface area contributed by atoms with E-state index in [1.165, 1.54) is 5.56 Å². The Hall–Kier alpha value is -3.56. The van der Waals surface area contributed by atoms with E-state index in [0.717, 1.165) is 72.4 Å². The first-order chi connectivity index (χ1) is 16.6. The van der Waals surface area contributed by atoms with Gasteiger partial charge in [0, 0.05) is 70.7 Å². The molecule has 3 aromatic heterocycles. The Kier molecular flexibility index (Phi) is 6.37. The number of piperazine rings is 1. The third-order valence-corrected chi connectivity index (χ3v) is 6.06. The third-order valence-electron chi connectivity index (χ3n) is 6.06. The van der Waals surface area contributed by atoms with Crippen LogP contribution in [0.2, 0.25) is 0 Å². The monoisotopic (exact) mass is 458 g/mol. The lowest BCUT2D eigenvalue weighted by Crippen LogP contribution is -2.42. The van der Waals surface area contributed by atoms with Crippen molar-refractivity contribution >= 4 is 16.9 Å². The van der Waals surface area contributed by atoms with Crippen LogP contribution < -0.4 is 15.0 Å². The van der Waals surface area contributed by atoms with Gasteiger partial charge >= 0.3 is 0 Å². The molecule has 9 heteroatoms. The Morgan fingerprint density at radius 3 is 2.71 bits per heavy atom. The largest absolute Gasteiger partial charge is 0.491 e. The summed E-state index contributed by atoms with van der Waals surface area (Å²) in [5, 5.41) is 3.40. The van der Waals surface area contributed by atoms with E-state index < -0.39 is 0 Å². The molecule has 1 fully saturated rings. The summed E-state index contributed by atoms with van der Waals surface area (Å²) >= 11 is 0. The van der Waals surface area contributed by atoms with Gasteiger partial charge in [0.25, 0.3) is 0 Å². The molecule has 1 aliphatic heterocycles. The fourth-order valence-electron chi connectivity index (χ4n) is 4.39. The highest BCUT2D eigenvalue weighted by molar-refractivity contribution is 5.83. The van der Waals surface area contributed by atoms with Crippen LogP contribution in [0.25, 0.3) is 22.3 Å². The number of aromatic nitrogens is 5. The van der Waals surface area contributed by atoms with E-state index in [2.05, 4.69) is 48.4 Å². The summed E-state index contributed by atoms with van der Waals surface area (Å²) in [6, 6.07) is 10.4. The number of hydrogen-bond donors (Lipinski definition) is 2. The lowest BCUT2D eigenvalue weighted by Gasteiger charge is -2.27. The van der Waals surface area contributed by atoms with Crippen molar-refractivity contribution in [1.82, 2.24) is 35.1 Å². The van der Waals surface area contributed by atoms with Crippen LogP contribution in [0.15, 0.2) is 42.9 Å². The zero-order valence-corrected chi connectivity index (χ0v) is 19.9. The second-order valence-electron chi connectivity index (χ2n) is 8.75. The van der Waals surface area contributed by atoms with E-state index >= 15 is 0 Å². The average Bonchev–Trinajstić information content (AvgIpc) is 3.25. The van der Waals surface area contributed by atoms with E-state index in [0.29, 0.717) is 12.2 Å². The van der Waals surface area contributed by atoms with Crippen LogP contribution in [0.1, 0.15) is 17.1 Å². The Morgan fingerprint density at radius 2 is 1.91 bits per heavy atom. The molecule has 0 radical (unpaired) electrons. The molecule has 4 aromatic rings. The molecule has 34 heavy (non-hydrogen) atoms. The molecular formula is C25H30N8O. The number of rotatable bonds is 7. The minimum absolute atomic E-state index is 0.650. The fourth-order valence-corrected chi connectivity index (χ4v) is 4.39. The molecule has 0 amide bonds. The number of hydrogen-bond acceptors (Lipinski definition) is 8. The number of ether oxygens (including phenoxy) is 1. The van der Waals surface area contributed by atoms with Gasteiger partial charge in [0.15, 0.2) is 11.6 Å². The topological polar surface area (TPSA) is 95.1 Å². The molecule has 0 saturated carbocycles. The molecule has 176 valence electrons. The zero-order chi connectivity index (χ0) is 23.5. The van der Waals surface area contributed by atoms with Crippen LogP contribution in [-0.4, -0.2) is 77.2 Å². The predicted octanol–water partition coefficient (Wildman–Crippen LogP) is 2.49. The Labute approximate surface area is 199 Å². The van der Waals surface area contributed by atoms with E-state index in [-0.39, 0.29) is 0 Å². The van der Waals surface area contributed by atoms with Gasteiger partial charge in [-0.05, 0) is 29.8 Å². The minimum Gasteiger partial charge on any atom is -0.491 e. The molecule has 0 bridgehead atoms. The molecule has 1 aromatic carbocycles. The normalized spacial score (nSPS) is 14.4. The Bertz CT molecular complexity index is 1280. The van der Waals surface area contributed by atoms with Crippen LogP contribution in [0.3, 0.4) is 0 Å². The molecule has 4 heterocycles.